The summed E-state index contributed by atoms with van der Waals surface area (Å²) < 4.78 is 0. The molecule has 0 aromatic heterocycles. The Bertz CT molecular complexity index is 305. The van der Waals surface area contributed by atoms with Crippen molar-refractivity contribution in [2.45, 2.75) is 27.7 Å². The molecule has 0 radical (unpaired) electrons. The van der Waals surface area contributed by atoms with Gasteiger partial charge < -0.3 is 0 Å². The lowest BCUT2D eigenvalue weighted by Crippen LogP contribution is -1.94. The number of nitrogens with one attached hydrogen (secondary N) is 1. The SMILES string of the molecule is C=C(C)c1ccc(C)cc1NO.CC. The maximum Gasteiger partial charge on any atom is 0.0679 e. The summed E-state index contributed by atoms with van der Waals surface area (Å²) >= 11 is 0. The van der Waals surface area contributed by atoms with Crippen molar-refractivity contribution >= 4 is 11.3 Å². The summed E-state index contributed by atoms with van der Waals surface area (Å²) in [7, 11) is 0. The topological polar surface area (TPSA) is 32.3 Å². The molecule has 0 fully saturated rings. The molecule has 0 aliphatic carbocycles. The van der Waals surface area contributed by atoms with E-state index in [0.29, 0.717) is 5.69 Å². The highest BCUT2D eigenvalue weighted by atomic mass is 16.5. The fourth-order valence-corrected chi connectivity index (χ4v) is 1.12. The minimum Gasteiger partial charge on any atom is -0.291 e. The quantitative estimate of drug-likeness (QED) is 0.699. The van der Waals surface area contributed by atoms with Gasteiger partial charge in [0.05, 0.1) is 5.69 Å². The zero-order valence-corrected chi connectivity index (χ0v) is 9.39. The van der Waals surface area contributed by atoms with Crippen LogP contribution in [0.2, 0.25) is 0 Å². The summed E-state index contributed by atoms with van der Waals surface area (Å²) in [6.45, 7) is 11.7. The summed E-state index contributed by atoms with van der Waals surface area (Å²) in [5.74, 6) is 0. The van der Waals surface area contributed by atoms with Crippen LogP contribution in [0.5, 0.6) is 0 Å². The number of benzene rings is 1. The molecule has 78 valence electrons. The Morgan fingerprint density at radius 3 is 2.36 bits per heavy atom. The molecular formula is C12H19NO. The monoisotopic (exact) mass is 193 g/mol. The van der Waals surface area contributed by atoms with E-state index in [1.54, 1.807) is 0 Å². The Morgan fingerprint density at radius 1 is 1.36 bits per heavy atom. The molecule has 0 atom stereocenters. The van der Waals surface area contributed by atoms with Gasteiger partial charge in [-0.25, -0.2) is 0 Å². The van der Waals surface area contributed by atoms with Crippen LogP contribution in [0.1, 0.15) is 31.9 Å². The van der Waals surface area contributed by atoms with E-state index in [0.717, 1.165) is 16.7 Å². The van der Waals surface area contributed by atoms with E-state index in [1.165, 1.54) is 0 Å². The van der Waals surface area contributed by atoms with Crippen molar-refractivity contribution < 1.29 is 5.21 Å². The molecule has 1 aromatic rings. The first-order valence-electron chi connectivity index (χ1n) is 4.82. The molecule has 1 aromatic carbocycles. The molecule has 2 heteroatoms. The molecule has 14 heavy (non-hydrogen) atoms. The van der Waals surface area contributed by atoms with E-state index in [4.69, 9.17) is 5.21 Å². The minimum atomic E-state index is 0.711. The van der Waals surface area contributed by atoms with Gasteiger partial charge in [0.15, 0.2) is 0 Å². The molecule has 1 rings (SSSR count). The third kappa shape index (κ3) is 3.23. The van der Waals surface area contributed by atoms with Crippen molar-refractivity contribution in [3.63, 3.8) is 0 Å². The van der Waals surface area contributed by atoms with Gasteiger partial charge in [-0.3, -0.25) is 10.7 Å². The molecule has 0 aliphatic heterocycles. The van der Waals surface area contributed by atoms with Crippen molar-refractivity contribution in [2.24, 2.45) is 0 Å². The van der Waals surface area contributed by atoms with E-state index in [-0.39, 0.29) is 0 Å². The smallest absolute Gasteiger partial charge is 0.0679 e. The van der Waals surface area contributed by atoms with Crippen LogP contribution < -0.4 is 5.48 Å². The summed E-state index contributed by atoms with van der Waals surface area (Å²) in [4.78, 5) is 0. The van der Waals surface area contributed by atoms with Crippen molar-refractivity contribution in [1.29, 1.82) is 0 Å². The van der Waals surface area contributed by atoms with Crippen LogP contribution in [0.4, 0.5) is 5.69 Å². The van der Waals surface area contributed by atoms with Crippen molar-refractivity contribution in [1.82, 2.24) is 0 Å². The molecule has 0 bridgehead atoms. The van der Waals surface area contributed by atoms with Gasteiger partial charge in [0.1, 0.15) is 0 Å². The Hall–Kier alpha value is -1.28. The fraction of sp³-hybridized carbons (Fsp3) is 0.333. The number of aryl methyl sites for hydroxylation is 1. The van der Waals surface area contributed by atoms with Crippen molar-refractivity contribution in [3.05, 3.63) is 35.9 Å². The average molecular weight is 193 g/mol. The van der Waals surface area contributed by atoms with Crippen LogP contribution in [-0.4, -0.2) is 5.21 Å². The van der Waals surface area contributed by atoms with E-state index in [2.05, 4.69) is 12.1 Å². The normalized spacial score (nSPS) is 8.64. The Kier molecular flexibility index (Phi) is 5.65. The molecule has 0 amide bonds. The maximum absolute atomic E-state index is 8.80. The van der Waals surface area contributed by atoms with Crippen molar-refractivity contribution in [3.8, 4) is 0 Å². The molecule has 0 heterocycles. The van der Waals surface area contributed by atoms with Gasteiger partial charge >= 0.3 is 0 Å². The molecule has 0 saturated carbocycles. The first-order chi connectivity index (χ1) is 6.65. The highest BCUT2D eigenvalue weighted by Gasteiger charge is 2.01. The van der Waals surface area contributed by atoms with Gasteiger partial charge in [0, 0.05) is 5.56 Å². The highest BCUT2D eigenvalue weighted by Crippen LogP contribution is 2.22. The van der Waals surface area contributed by atoms with Gasteiger partial charge in [-0.2, -0.15) is 0 Å². The highest BCUT2D eigenvalue weighted by molar-refractivity contribution is 5.73. The molecule has 2 N–H and O–H groups in total. The standard InChI is InChI=1S/C10H13NO.C2H6/c1-7(2)9-5-4-8(3)6-10(9)11-12;1-2/h4-6,11-12H,1H2,2-3H3;1-2H3. The maximum atomic E-state index is 8.80. The van der Waals surface area contributed by atoms with Gasteiger partial charge in [-0.05, 0) is 31.1 Å². The minimum absolute atomic E-state index is 0.711. The second-order valence-corrected chi connectivity index (χ2v) is 2.94. The van der Waals surface area contributed by atoms with Crippen LogP contribution in [-0.2, 0) is 0 Å². The second-order valence-electron chi connectivity index (χ2n) is 2.94. The summed E-state index contributed by atoms with van der Waals surface area (Å²) in [6.07, 6.45) is 0. The lowest BCUT2D eigenvalue weighted by Gasteiger charge is -2.08. The third-order valence-electron chi connectivity index (χ3n) is 1.76. The Morgan fingerprint density at radius 2 is 1.93 bits per heavy atom. The number of hydrogen-bond donors (Lipinski definition) is 2. The number of allylic oxidation sites excluding steroid dienone is 1. The molecular weight excluding hydrogens is 174 g/mol. The molecule has 0 spiro atoms. The summed E-state index contributed by atoms with van der Waals surface area (Å²) in [6, 6.07) is 5.81. The van der Waals surface area contributed by atoms with E-state index in [9.17, 15) is 0 Å². The molecule has 2 nitrogen and oxygen atoms in total. The largest absolute Gasteiger partial charge is 0.291 e. The van der Waals surface area contributed by atoms with Crippen LogP contribution in [0.25, 0.3) is 5.57 Å². The Balaban J connectivity index is 0.000000791. The second kappa shape index (κ2) is 6.22. The number of hydrogen-bond acceptors (Lipinski definition) is 2. The summed E-state index contributed by atoms with van der Waals surface area (Å²) in [5.41, 5.74) is 5.86. The van der Waals surface area contributed by atoms with E-state index >= 15 is 0 Å². The summed E-state index contributed by atoms with van der Waals surface area (Å²) in [5, 5.41) is 8.80. The zero-order chi connectivity index (χ0) is 11.1. The predicted molar refractivity (Wildman–Crippen MR) is 62.6 cm³/mol. The van der Waals surface area contributed by atoms with E-state index < -0.39 is 0 Å². The van der Waals surface area contributed by atoms with Crippen molar-refractivity contribution in [2.75, 3.05) is 5.48 Å². The van der Waals surface area contributed by atoms with Crippen LogP contribution in [0, 0.1) is 6.92 Å². The lowest BCUT2D eigenvalue weighted by molar-refractivity contribution is 0.388. The third-order valence-corrected chi connectivity index (χ3v) is 1.76. The van der Waals surface area contributed by atoms with Crippen LogP contribution in [0.3, 0.4) is 0 Å². The van der Waals surface area contributed by atoms with Gasteiger partial charge in [-0.15, -0.1) is 0 Å². The van der Waals surface area contributed by atoms with Gasteiger partial charge in [0.25, 0.3) is 0 Å². The molecule has 0 aliphatic rings. The number of rotatable bonds is 2. The predicted octanol–water partition coefficient (Wildman–Crippen LogP) is 3.86. The first-order valence-corrected chi connectivity index (χ1v) is 4.82. The Labute approximate surface area is 86.2 Å². The van der Waals surface area contributed by atoms with Gasteiger partial charge in [0.2, 0.25) is 0 Å². The molecule has 0 saturated heterocycles. The lowest BCUT2D eigenvalue weighted by atomic mass is 10.0. The van der Waals surface area contributed by atoms with Crippen LogP contribution >= 0.6 is 0 Å². The zero-order valence-electron chi connectivity index (χ0n) is 9.39. The fourth-order valence-electron chi connectivity index (χ4n) is 1.12. The van der Waals surface area contributed by atoms with E-state index in [1.807, 2.05) is 45.9 Å². The number of anilines is 1. The molecule has 0 unspecified atom stereocenters. The first kappa shape index (κ1) is 12.7. The van der Waals surface area contributed by atoms with Gasteiger partial charge in [-0.1, -0.05) is 32.6 Å². The average Bonchev–Trinajstić information content (AvgIpc) is 2.20. The van der Waals surface area contributed by atoms with Crippen LogP contribution in [0.15, 0.2) is 24.8 Å².